The molecule has 1 unspecified atom stereocenters. The van der Waals surface area contributed by atoms with Crippen LogP contribution in [0.5, 0.6) is 0 Å². The fourth-order valence-corrected chi connectivity index (χ4v) is 1.56. The Morgan fingerprint density at radius 3 is 2.56 bits per heavy atom. The summed E-state index contributed by atoms with van der Waals surface area (Å²) in [7, 11) is 0. The lowest BCUT2D eigenvalue weighted by Gasteiger charge is -2.14. The topological polar surface area (TPSA) is 29.5 Å². The van der Waals surface area contributed by atoms with Crippen LogP contribution in [0.1, 0.15) is 37.5 Å². The van der Waals surface area contributed by atoms with Gasteiger partial charge in [0.05, 0.1) is 6.61 Å². The van der Waals surface area contributed by atoms with E-state index in [1.165, 1.54) is 0 Å². The minimum Gasteiger partial charge on any atom is -0.386 e. The van der Waals surface area contributed by atoms with E-state index in [1.54, 1.807) is 0 Å². The maximum Gasteiger partial charge on any atom is 0.103 e. The minimum atomic E-state index is -0.506. The molecule has 0 saturated heterocycles. The summed E-state index contributed by atoms with van der Waals surface area (Å²) >= 11 is 0. The van der Waals surface area contributed by atoms with Crippen LogP contribution in [0.2, 0.25) is 0 Å². The zero-order valence-corrected chi connectivity index (χ0v) is 10.4. The van der Waals surface area contributed by atoms with E-state index in [0.717, 1.165) is 24.2 Å². The smallest absolute Gasteiger partial charge is 0.103 e. The summed E-state index contributed by atoms with van der Waals surface area (Å²) in [4.78, 5) is 0. The van der Waals surface area contributed by atoms with Gasteiger partial charge in [-0.1, -0.05) is 38.1 Å². The molecule has 16 heavy (non-hydrogen) atoms. The third-order valence-electron chi connectivity index (χ3n) is 2.66. The molecule has 2 heteroatoms. The van der Waals surface area contributed by atoms with Crippen molar-refractivity contribution in [2.45, 2.75) is 33.3 Å². The summed E-state index contributed by atoms with van der Waals surface area (Å²) in [5, 5.41) is 9.94. The summed E-state index contributed by atoms with van der Waals surface area (Å²) in [5.74, 6) is 0.649. The molecule has 90 valence electrons. The van der Waals surface area contributed by atoms with Gasteiger partial charge in [0.2, 0.25) is 0 Å². The Labute approximate surface area is 98.3 Å². The van der Waals surface area contributed by atoms with Crippen LogP contribution in [0.4, 0.5) is 0 Å². The van der Waals surface area contributed by atoms with Gasteiger partial charge in [0.25, 0.3) is 0 Å². The quantitative estimate of drug-likeness (QED) is 0.749. The Morgan fingerprint density at radius 2 is 1.94 bits per heavy atom. The Kier molecular flexibility index (Phi) is 5.50. The molecule has 0 bridgehead atoms. The van der Waals surface area contributed by atoms with E-state index < -0.39 is 6.10 Å². The summed E-state index contributed by atoms with van der Waals surface area (Å²) in [6.45, 7) is 7.45. The normalized spacial score (nSPS) is 13.1. The highest BCUT2D eigenvalue weighted by Gasteiger charge is 2.09. The van der Waals surface area contributed by atoms with Crippen molar-refractivity contribution < 1.29 is 9.84 Å². The summed E-state index contributed by atoms with van der Waals surface area (Å²) < 4.78 is 5.47. The van der Waals surface area contributed by atoms with Gasteiger partial charge in [-0.05, 0) is 30.4 Å². The first kappa shape index (κ1) is 13.2. The van der Waals surface area contributed by atoms with Crippen LogP contribution in [0.25, 0.3) is 0 Å². The third-order valence-corrected chi connectivity index (χ3v) is 2.66. The molecule has 0 amide bonds. The first-order chi connectivity index (χ1) is 7.61. The lowest BCUT2D eigenvalue weighted by atomic mass is 10.0. The number of aliphatic hydroxyl groups excluding tert-OH is 1. The molecular formula is C14H22O2. The van der Waals surface area contributed by atoms with Crippen LogP contribution in [0.3, 0.4) is 0 Å². The van der Waals surface area contributed by atoms with Crippen LogP contribution in [0.15, 0.2) is 24.3 Å². The molecule has 1 N–H and O–H groups in total. The van der Waals surface area contributed by atoms with Crippen molar-refractivity contribution in [1.82, 2.24) is 0 Å². The SMILES string of the molecule is Cc1ccccc1C(O)COCCC(C)C. The molecule has 0 heterocycles. The number of aryl methyl sites for hydroxylation is 1. The van der Waals surface area contributed by atoms with Crippen molar-refractivity contribution >= 4 is 0 Å². The predicted octanol–water partition coefficient (Wildman–Crippen LogP) is 3.09. The first-order valence-electron chi connectivity index (χ1n) is 5.92. The summed E-state index contributed by atoms with van der Waals surface area (Å²) in [6.07, 6.45) is 0.536. The van der Waals surface area contributed by atoms with Gasteiger partial charge in [0.1, 0.15) is 6.10 Å². The highest BCUT2D eigenvalue weighted by molar-refractivity contribution is 5.27. The largest absolute Gasteiger partial charge is 0.386 e. The number of hydrogen-bond donors (Lipinski definition) is 1. The minimum absolute atomic E-state index is 0.386. The van der Waals surface area contributed by atoms with E-state index in [4.69, 9.17) is 4.74 Å². The van der Waals surface area contributed by atoms with Crippen molar-refractivity contribution in [3.8, 4) is 0 Å². The van der Waals surface area contributed by atoms with E-state index in [1.807, 2.05) is 31.2 Å². The van der Waals surface area contributed by atoms with Gasteiger partial charge in [0, 0.05) is 6.61 Å². The zero-order valence-electron chi connectivity index (χ0n) is 10.4. The number of ether oxygens (including phenoxy) is 1. The van der Waals surface area contributed by atoms with Gasteiger partial charge in [0.15, 0.2) is 0 Å². The molecular weight excluding hydrogens is 200 g/mol. The first-order valence-corrected chi connectivity index (χ1v) is 5.92. The molecule has 0 spiro atoms. The van der Waals surface area contributed by atoms with E-state index in [9.17, 15) is 5.11 Å². The fraction of sp³-hybridized carbons (Fsp3) is 0.571. The fourth-order valence-electron chi connectivity index (χ4n) is 1.56. The maximum atomic E-state index is 9.94. The molecule has 0 aromatic heterocycles. The second kappa shape index (κ2) is 6.66. The van der Waals surface area contributed by atoms with Gasteiger partial charge in [-0.15, -0.1) is 0 Å². The lowest BCUT2D eigenvalue weighted by Crippen LogP contribution is -2.10. The third kappa shape index (κ3) is 4.33. The van der Waals surface area contributed by atoms with Gasteiger partial charge in [-0.2, -0.15) is 0 Å². The van der Waals surface area contributed by atoms with Crippen molar-refractivity contribution in [3.63, 3.8) is 0 Å². The van der Waals surface area contributed by atoms with Crippen LogP contribution < -0.4 is 0 Å². The van der Waals surface area contributed by atoms with E-state index in [-0.39, 0.29) is 0 Å². The Hall–Kier alpha value is -0.860. The molecule has 1 rings (SSSR count). The average molecular weight is 222 g/mol. The van der Waals surface area contributed by atoms with Gasteiger partial charge in [-0.25, -0.2) is 0 Å². The molecule has 2 nitrogen and oxygen atoms in total. The molecule has 0 aliphatic heterocycles. The van der Waals surface area contributed by atoms with Gasteiger partial charge in [-0.3, -0.25) is 0 Å². The van der Waals surface area contributed by atoms with E-state index in [0.29, 0.717) is 12.5 Å². The van der Waals surface area contributed by atoms with Gasteiger partial charge >= 0.3 is 0 Å². The van der Waals surface area contributed by atoms with E-state index >= 15 is 0 Å². The number of hydrogen-bond acceptors (Lipinski definition) is 2. The summed E-state index contributed by atoms with van der Waals surface area (Å²) in [5.41, 5.74) is 2.08. The van der Waals surface area contributed by atoms with Crippen molar-refractivity contribution in [1.29, 1.82) is 0 Å². The standard InChI is InChI=1S/C14H22O2/c1-11(2)8-9-16-10-14(15)13-7-5-4-6-12(13)3/h4-7,11,14-15H,8-10H2,1-3H3. The van der Waals surface area contributed by atoms with Gasteiger partial charge < -0.3 is 9.84 Å². The van der Waals surface area contributed by atoms with Crippen LogP contribution in [0, 0.1) is 12.8 Å². The number of benzene rings is 1. The maximum absolute atomic E-state index is 9.94. The zero-order chi connectivity index (χ0) is 12.0. The van der Waals surface area contributed by atoms with Crippen LogP contribution in [-0.4, -0.2) is 18.3 Å². The average Bonchev–Trinajstić information content (AvgIpc) is 2.24. The second-order valence-corrected chi connectivity index (χ2v) is 4.63. The van der Waals surface area contributed by atoms with Crippen LogP contribution in [-0.2, 0) is 4.74 Å². The lowest BCUT2D eigenvalue weighted by molar-refractivity contribution is 0.0316. The monoisotopic (exact) mass is 222 g/mol. The van der Waals surface area contributed by atoms with E-state index in [2.05, 4.69) is 13.8 Å². The van der Waals surface area contributed by atoms with Crippen molar-refractivity contribution in [2.24, 2.45) is 5.92 Å². The predicted molar refractivity (Wildman–Crippen MR) is 66.4 cm³/mol. The molecule has 0 fully saturated rings. The number of rotatable bonds is 6. The second-order valence-electron chi connectivity index (χ2n) is 4.63. The molecule has 0 aliphatic rings. The molecule has 0 radical (unpaired) electrons. The van der Waals surface area contributed by atoms with Crippen molar-refractivity contribution in [3.05, 3.63) is 35.4 Å². The van der Waals surface area contributed by atoms with Crippen molar-refractivity contribution in [2.75, 3.05) is 13.2 Å². The Morgan fingerprint density at radius 1 is 1.25 bits per heavy atom. The highest BCUT2D eigenvalue weighted by Crippen LogP contribution is 2.17. The Bertz CT molecular complexity index is 307. The molecule has 0 aliphatic carbocycles. The number of aliphatic hydroxyl groups is 1. The molecule has 0 saturated carbocycles. The van der Waals surface area contributed by atoms with Crippen LogP contribution >= 0.6 is 0 Å². The Balaban J connectivity index is 2.35. The highest BCUT2D eigenvalue weighted by atomic mass is 16.5. The molecule has 1 aromatic rings. The molecule has 1 atom stereocenters. The summed E-state index contributed by atoms with van der Waals surface area (Å²) in [6, 6.07) is 7.88. The molecule has 1 aromatic carbocycles.